The molecule has 0 aliphatic heterocycles. The van der Waals surface area contributed by atoms with Crippen molar-refractivity contribution in [3.8, 4) is 28.6 Å². The van der Waals surface area contributed by atoms with Gasteiger partial charge >= 0.3 is 0 Å². The molecule has 0 aliphatic rings. The number of methoxy groups -OCH3 is 3. The first-order valence-electron chi connectivity index (χ1n) is 5.36. The molecular weight excluding hydrogens is 234 g/mol. The molecule has 1 aromatic heterocycles. The van der Waals surface area contributed by atoms with Gasteiger partial charge in [0.2, 0.25) is 5.75 Å². The van der Waals surface area contributed by atoms with E-state index in [1.54, 1.807) is 38.4 Å². The first-order chi connectivity index (χ1) is 8.71. The van der Waals surface area contributed by atoms with Crippen LogP contribution in [0.25, 0.3) is 11.4 Å². The summed E-state index contributed by atoms with van der Waals surface area (Å²) >= 11 is 0. The van der Waals surface area contributed by atoms with Crippen LogP contribution in [0.4, 0.5) is 0 Å². The zero-order valence-corrected chi connectivity index (χ0v) is 10.8. The largest absolute Gasteiger partial charge is 0.493 e. The van der Waals surface area contributed by atoms with E-state index in [9.17, 15) is 0 Å². The van der Waals surface area contributed by atoms with Gasteiger partial charge in [-0.15, -0.1) is 0 Å². The Balaban J connectivity index is 2.61. The van der Waals surface area contributed by atoms with Gasteiger partial charge in [0.1, 0.15) is 6.33 Å². The molecule has 0 aliphatic carbocycles. The third kappa shape index (κ3) is 1.97. The van der Waals surface area contributed by atoms with Gasteiger partial charge in [0.25, 0.3) is 0 Å². The van der Waals surface area contributed by atoms with E-state index in [2.05, 4.69) is 10.1 Å². The van der Waals surface area contributed by atoms with E-state index in [1.807, 2.05) is 13.1 Å². The van der Waals surface area contributed by atoms with Crippen LogP contribution < -0.4 is 14.2 Å². The van der Waals surface area contributed by atoms with Gasteiger partial charge in [0.05, 0.1) is 26.9 Å². The lowest BCUT2D eigenvalue weighted by Gasteiger charge is -2.14. The predicted molar refractivity (Wildman–Crippen MR) is 66.1 cm³/mol. The van der Waals surface area contributed by atoms with Gasteiger partial charge in [0.15, 0.2) is 17.3 Å². The second-order valence-electron chi connectivity index (χ2n) is 3.62. The van der Waals surface area contributed by atoms with Gasteiger partial charge < -0.3 is 14.2 Å². The number of nitrogens with zero attached hydrogens (tertiary/aromatic N) is 3. The maximum atomic E-state index is 5.38. The molecule has 0 fully saturated rings. The monoisotopic (exact) mass is 249 g/mol. The van der Waals surface area contributed by atoms with Crippen LogP contribution in [0.3, 0.4) is 0 Å². The summed E-state index contributed by atoms with van der Waals surface area (Å²) < 4.78 is 17.5. The number of aryl methyl sites for hydroxylation is 1. The Morgan fingerprint density at radius 3 is 2.22 bits per heavy atom. The summed E-state index contributed by atoms with van der Waals surface area (Å²) in [6.45, 7) is 0. The van der Waals surface area contributed by atoms with Gasteiger partial charge in [-0.25, -0.2) is 4.98 Å². The molecule has 2 rings (SSSR count). The summed E-state index contributed by atoms with van der Waals surface area (Å²) in [4.78, 5) is 4.20. The smallest absolute Gasteiger partial charge is 0.204 e. The van der Waals surface area contributed by atoms with Crippen molar-refractivity contribution < 1.29 is 14.2 Å². The van der Waals surface area contributed by atoms with Crippen LogP contribution >= 0.6 is 0 Å². The maximum Gasteiger partial charge on any atom is 0.204 e. The van der Waals surface area contributed by atoms with E-state index >= 15 is 0 Å². The molecule has 0 amide bonds. The van der Waals surface area contributed by atoms with E-state index in [1.165, 1.54) is 0 Å². The van der Waals surface area contributed by atoms with Gasteiger partial charge in [0, 0.05) is 7.05 Å². The second-order valence-corrected chi connectivity index (χ2v) is 3.62. The molecule has 0 unspecified atom stereocenters. The highest BCUT2D eigenvalue weighted by Gasteiger charge is 2.18. The summed E-state index contributed by atoms with van der Waals surface area (Å²) in [5.74, 6) is 2.28. The topological polar surface area (TPSA) is 58.4 Å². The SMILES string of the molecule is COc1ccc(-c2ncn(C)n2)c(OC)c1OC. The Labute approximate surface area is 105 Å². The van der Waals surface area contributed by atoms with E-state index in [-0.39, 0.29) is 0 Å². The minimum Gasteiger partial charge on any atom is -0.493 e. The van der Waals surface area contributed by atoms with Crippen molar-refractivity contribution >= 4 is 0 Å². The summed E-state index contributed by atoms with van der Waals surface area (Å²) in [6, 6.07) is 3.64. The molecule has 6 heteroatoms. The Morgan fingerprint density at radius 2 is 1.72 bits per heavy atom. The van der Waals surface area contributed by atoms with E-state index in [4.69, 9.17) is 14.2 Å². The highest BCUT2D eigenvalue weighted by molar-refractivity contribution is 5.71. The summed E-state index contributed by atoms with van der Waals surface area (Å²) in [7, 11) is 6.53. The van der Waals surface area contributed by atoms with Crippen LogP contribution in [0.1, 0.15) is 0 Å². The van der Waals surface area contributed by atoms with Gasteiger partial charge in [-0.1, -0.05) is 0 Å². The van der Waals surface area contributed by atoms with Crippen molar-refractivity contribution in [2.24, 2.45) is 7.05 Å². The fraction of sp³-hybridized carbons (Fsp3) is 0.333. The molecule has 2 aromatic rings. The lowest BCUT2D eigenvalue weighted by molar-refractivity contribution is 0.325. The van der Waals surface area contributed by atoms with Gasteiger partial charge in [-0.3, -0.25) is 4.68 Å². The van der Waals surface area contributed by atoms with Crippen LogP contribution in [-0.4, -0.2) is 36.1 Å². The first kappa shape index (κ1) is 12.2. The Kier molecular flexibility index (Phi) is 3.36. The van der Waals surface area contributed by atoms with Crippen molar-refractivity contribution in [1.82, 2.24) is 14.8 Å². The minimum atomic E-state index is 0.532. The zero-order valence-electron chi connectivity index (χ0n) is 10.8. The molecule has 0 atom stereocenters. The molecule has 0 saturated carbocycles. The quantitative estimate of drug-likeness (QED) is 0.822. The standard InChI is InChI=1S/C12H15N3O3/c1-15-7-13-12(14-15)8-5-6-9(16-2)11(18-4)10(8)17-3/h5-7H,1-4H3. The number of ether oxygens (including phenoxy) is 3. The Bertz CT molecular complexity index is 551. The summed E-state index contributed by atoms with van der Waals surface area (Å²) in [5, 5.41) is 4.25. The molecule has 0 spiro atoms. The highest BCUT2D eigenvalue weighted by Crippen LogP contribution is 2.43. The number of benzene rings is 1. The molecule has 6 nitrogen and oxygen atoms in total. The molecule has 0 bridgehead atoms. The van der Waals surface area contributed by atoms with Crippen LogP contribution in [0.15, 0.2) is 18.5 Å². The van der Waals surface area contributed by atoms with Crippen molar-refractivity contribution in [3.05, 3.63) is 18.5 Å². The van der Waals surface area contributed by atoms with Crippen molar-refractivity contribution in [2.45, 2.75) is 0 Å². The fourth-order valence-corrected chi connectivity index (χ4v) is 1.74. The normalized spacial score (nSPS) is 10.2. The molecule has 1 aromatic carbocycles. The predicted octanol–water partition coefficient (Wildman–Crippen LogP) is 1.51. The lowest BCUT2D eigenvalue weighted by atomic mass is 10.1. The van der Waals surface area contributed by atoms with Crippen molar-refractivity contribution in [1.29, 1.82) is 0 Å². The summed E-state index contributed by atoms with van der Waals surface area (Å²) in [6.07, 6.45) is 1.63. The number of hydrogen-bond donors (Lipinski definition) is 0. The lowest BCUT2D eigenvalue weighted by Crippen LogP contribution is -1.98. The third-order valence-corrected chi connectivity index (χ3v) is 2.54. The minimum absolute atomic E-state index is 0.532. The third-order valence-electron chi connectivity index (χ3n) is 2.54. The van der Waals surface area contributed by atoms with Crippen LogP contribution in [0.2, 0.25) is 0 Å². The molecule has 1 heterocycles. The Morgan fingerprint density at radius 1 is 1.00 bits per heavy atom. The molecule has 96 valence electrons. The molecule has 18 heavy (non-hydrogen) atoms. The van der Waals surface area contributed by atoms with Crippen molar-refractivity contribution in [2.75, 3.05) is 21.3 Å². The van der Waals surface area contributed by atoms with Crippen molar-refractivity contribution in [3.63, 3.8) is 0 Å². The highest BCUT2D eigenvalue weighted by atomic mass is 16.5. The zero-order chi connectivity index (χ0) is 13.1. The maximum absolute atomic E-state index is 5.38. The fourth-order valence-electron chi connectivity index (χ4n) is 1.74. The average molecular weight is 249 g/mol. The van der Waals surface area contributed by atoms with Crippen LogP contribution in [0, 0.1) is 0 Å². The van der Waals surface area contributed by atoms with E-state index in [0.717, 1.165) is 5.56 Å². The van der Waals surface area contributed by atoms with E-state index < -0.39 is 0 Å². The number of rotatable bonds is 4. The molecule has 0 saturated heterocycles. The number of aromatic nitrogens is 3. The van der Waals surface area contributed by atoms with Gasteiger partial charge in [-0.05, 0) is 12.1 Å². The second kappa shape index (κ2) is 4.95. The molecule has 0 radical (unpaired) electrons. The Hall–Kier alpha value is -2.24. The molecule has 0 N–H and O–H groups in total. The summed E-state index contributed by atoms with van der Waals surface area (Å²) in [5.41, 5.74) is 0.760. The van der Waals surface area contributed by atoms with Gasteiger partial charge in [-0.2, -0.15) is 5.10 Å². The first-order valence-corrected chi connectivity index (χ1v) is 5.36. The number of hydrogen-bond acceptors (Lipinski definition) is 5. The van der Waals surface area contributed by atoms with Crippen LogP contribution in [-0.2, 0) is 7.05 Å². The van der Waals surface area contributed by atoms with E-state index in [0.29, 0.717) is 23.1 Å². The molecular formula is C12H15N3O3. The average Bonchev–Trinajstić information content (AvgIpc) is 2.83. The van der Waals surface area contributed by atoms with Crippen LogP contribution in [0.5, 0.6) is 17.2 Å².